The molecule has 0 bridgehead atoms. The smallest absolute Gasteiger partial charge is 0.257 e. The minimum Gasteiger partial charge on any atom is -0.335 e. The molecule has 0 amide bonds. The summed E-state index contributed by atoms with van der Waals surface area (Å²) in [5.74, 6) is 0.950. The molecule has 0 spiro atoms. The minimum absolute atomic E-state index is 0.113. The fourth-order valence-corrected chi connectivity index (χ4v) is 2.30. The number of thioether (sulfide) groups is 1. The average Bonchev–Trinajstić information content (AvgIpc) is 2.65. The molecule has 2 N–H and O–H groups in total. The van der Waals surface area contributed by atoms with Crippen LogP contribution >= 0.6 is 11.8 Å². The molecule has 14 heavy (non-hydrogen) atoms. The zero-order valence-corrected chi connectivity index (χ0v) is 9.49. The van der Waals surface area contributed by atoms with Crippen molar-refractivity contribution in [1.82, 2.24) is 14.7 Å². The van der Waals surface area contributed by atoms with Crippen molar-refractivity contribution in [2.75, 3.05) is 18.6 Å². The van der Waals surface area contributed by atoms with Gasteiger partial charge in [-0.3, -0.25) is 0 Å². The first-order chi connectivity index (χ1) is 6.67. The van der Waals surface area contributed by atoms with Gasteiger partial charge in [-0.1, -0.05) is 0 Å². The quantitative estimate of drug-likeness (QED) is 0.702. The molecule has 0 aromatic carbocycles. The highest BCUT2D eigenvalue weighted by atomic mass is 32.2. The first kappa shape index (κ1) is 11.5. The number of sulfonamides is 1. The molecular formula is C7H13N3O2S2. The zero-order chi connectivity index (χ0) is 10.4. The van der Waals surface area contributed by atoms with E-state index in [1.54, 1.807) is 11.8 Å². The van der Waals surface area contributed by atoms with E-state index in [0.717, 1.165) is 12.2 Å². The van der Waals surface area contributed by atoms with E-state index >= 15 is 0 Å². The molecule has 0 saturated heterocycles. The van der Waals surface area contributed by atoms with Crippen LogP contribution in [0.4, 0.5) is 0 Å². The van der Waals surface area contributed by atoms with Crippen molar-refractivity contribution in [3.8, 4) is 0 Å². The van der Waals surface area contributed by atoms with Crippen molar-refractivity contribution >= 4 is 21.8 Å². The monoisotopic (exact) mass is 235 g/mol. The number of H-pyrrole nitrogens is 1. The molecule has 1 heterocycles. The van der Waals surface area contributed by atoms with Crippen molar-refractivity contribution in [3.63, 3.8) is 0 Å². The van der Waals surface area contributed by atoms with Crippen molar-refractivity contribution < 1.29 is 8.42 Å². The van der Waals surface area contributed by atoms with Crippen LogP contribution in [0.1, 0.15) is 6.42 Å². The van der Waals surface area contributed by atoms with E-state index in [4.69, 9.17) is 0 Å². The normalized spacial score (nSPS) is 11.8. The van der Waals surface area contributed by atoms with Crippen LogP contribution in [0.3, 0.4) is 0 Å². The van der Waals surface area contributed by atoms with Crippen molar-refractivity contribution in [1.29, 1.82) is 0 Å². The van der Waals surface area contributed by atoms with E-state index in [2.05, 4.69) is 14.7 Å². The Labute approximate surface area is 87.8 Å². The first-order valence-corrected chi connectivity index (χ1v) is 7.01. The second kappa shape index (κ2) is 5.38. The number of hydrogen-bond donors (Lipinski definition) is 2. The van der Waals surface area contributed by atoms with Gasteiger partial charge < -0.3 is 4.98 Å². The average molecular weight is 235 g/mol. The first-order valence-electron chi connectivity index (χ1n) is 4.14. The number of aromatic amines is 1. The Morgan fingerprint density at radius 2 is 2.43 bits per heavy atom. The maximum absolute atomic E-state index is 11.5. The highest BCUT2D eigenvalue weighted by Gasteiger charge is 2.13. The Morgan fingerprint density at radius 3 is 3.00 bits per heavy atom. The van der Waals surface area contributed by atoms with Gasteiger partial charge in [-0.05, 0) is 18.4 Å². The predicted molar refractivity (Wildman–Crippen MR) is 56.8 cm³/mol. The fraction of sp³-hybridized carbons (Fsp3) is 0.571. The van der Waals surface area contributed by atoms with Crippen LogP contribution in [0.5, 0.6) is 0 Å². The third kappa shape index (κ3) is 3.32. The number of hydrogen-bond acceptors (Lipinski definition) is 4. The van der Waals surface area contributed by atoms with Crippen LogP contribution in [0.2, 0.25) is 0 Å². The summed E-state index contributed by atoms with van der Waals surface area (Å²) in [6, 6.07) is 0. The summed E-state index contributed by atoms with van der Waals surface area (Å²) < 4.78 is 25.4. The van der Waals surface area contributed by atoms with Gasteiger partial charge >= 0.3 is 0 Å². The second-order valence-electron chi connectivity index (χ2n) is 2.66. The summed E-state index contributed by atoms with van der Waals surface area (Å²) in [4.78, 5) is 6.21. The maximum Gasteiger partial charge on any atom is 0.257 e. The summed E-state index contributed by atoms with van der Waals surface area (Å²) in [6.07, 6.45) is 5.45. The van der Waals surface area contributed by atoms with Crippen LogP contribution in [0.25, 0.3) is 0 Å². The molecule has 0 aliphatic heterocycles. The lowest BCUT2D eigenvalue weighted by molar-refractivity contribution is 0.578. The molecule has 0 aliphatic carbocycles. The van der Waals surface area contributed by atoms with E-state index in [1.807, 2.05) is 6.26 Å². The molecule has 7 heteroatoms. The van der Waals surface area contributed by atoms with Crippen LogP contribution in [-0.2, 0) is 10.0 Å². The standard InChI is InChI=1S/C7H13N3O2S2/c1-13-4-2-3-10-14(11,12)7-5-8-6-9-7/h5-6,10H,2-4H2,1H3,(H,8,9). The highest BCUT2D eigenvalue weighted by molar-refractivity contribution is 7.98. The topological polar surface area (TPSA) is 74.8 Å². The number of imidazole rings is 1. The SMILES string of the molecule is CSCCCNS(=O)(=O)c1cnc[nH]1. The highest BCUT2D eigenvalue weighted by Crippen LogP contribution is 2.02. The summed E-state index contributed by atoms with van der Waals surface area (Å²) >= 11 is 1.69. The predicted octanol–water partition coefficient (Wildman–Crippen LogP) is 0.441. The Balaban J connectivity index is 2.44. The van der Waals surface area contributed by atoms with E-state index in [1.165, 1.54) is 12.5 Å². The van der Waals surface area contributed by atoms with Gasteiger partial charge in [0.25, 0.3) is 10.0 Å². The van der Waals surface area contributed by atoms with Gasteiger partial charge in [0.05, 0.1) is 12.5 Å². The van der Waals surface area contributed by atoms with Crippen molar-refractivity contribution in [2.45, 2.75) is 11.4 Å². The van der Waals surface area contributed by atoms with Crippen molar-refractivity contribution in [3.05, 3.63) is 12.5 Å². The van der Waals surface area contributed by atoms with Crippen LogP contribution < -0.4 is 4.72 Å². The lowest BCUT2D eigenvalue weighted by Gasteiger charge is -2.02. The minimum atomic E-state index is -3.37. The summed E-state index contributed by atoms with van der Waals surface area (Å²) in [6.45, 7) is 0.461. The van der Waals surface area contributed by atoms with Gasteiger partial charge in [-0.2, -0.15) is 11.8 Å². The molecule has 0 fully saturated rings. The van der Waals surface area contributed by atoms with E-state index in [0.29, 0.717) is 6.54 Å². The van der Waals surface area contributed by atoms with Gasteiger partial charge in [-0.15, -0.1) is 0 Å². The fourth-order valence-electron chi connectivity index (χ4n) is 0.891. The Bertz CT molecular complexity index is 347. The molecular weight excluding hydrogens is 222 g/mol. The molecule has 0 atom stereocenters. The molecule has 0 aliphatic rings. The Hall–Kier alpha value is -0.530. The van der Waals surface area contributed by atoms with Crippen LogP contribution in [0.15, 0.2) is 17.6 Å². The van der Waals surface area contributed by atoms with Gasteiger partial charge in [0.15, 0.2) is 5.03 Å². The number of aromatic nitrogens is 2. The number of nitrogens with zero attached hydrogens (tertiary/aromatic N) is 1. The lowest BCUT2D eigenvalue weighted by Crippen LogP contribution is -2.25. The molecule has 80 valence electrons. The molecule has 5 nitrogen and oxygen atoms in total. The molecule has 1 aromatic heterocycles. The van der Waals surface area contributed by atoms with Gasteiger partial charge in [0.2, 0.25) is 0 Å². The lowest BCUT2D eigenvalue weighted by atomic mass is 10.5. The van der Waals surface area contributed by atoms with Crippen LogP contribution in [0, 0.1) is 0 Å². The van der Waals surface area contributed by atoms with Crippen molar-refractivity contribution in [2.24, 2.45) is 0 Å². The third-order valence-corrected chi connectivity index (χ3v) is 3.66. The van der Waals surface area contributed by atoms with Gasteiger partial charge in [0.1, 0.15) is 0 Å². The Morgan fingerprint density at radius 1 is 1.64 bits per heavy atom. The second-order valence-corrected chi connectivity index (χ2v) is 5.38. The number of nitrogens with one attached hydrogen (secondary N) is 2. The molecule has 0 radical (unpaired) electrons. The summed E-state index contributed by atoms with van der Waals surface area (Å²) in [5, 5.41) is 0.113. The molecule has 0 saturated carbocycles. The molecule has 0 unspecified atom stereocenters. The molecule has 1 aromatic rings. The van der Waals surface area contributed by atoms with Gasteiger partial charge in [-0.25, -0.2) is 18.1 Å². The summed E-state index contributed by atoms with van der Waals surface area (Å²) in [5.41, 5.74) is 0. The van der Waals surface area contributed by atoms with Crippen LogP contribution in [-0.4, -0.2) is 36.9 Å². The van der Waals surface area contributed by atoms with E-state index < -0.39 is 10.0 Å². The van der Waals surface area contributed by atoms with E-state index in [-0.39, 0.29) is 5.03 Å². The Kier molecular flexibility index (Phi) is 4.43. The zero-order valence-electron chi connectivity index (χ0n) is 7.86. The summed E-state index contributed by atoms with van der Waals surface area (Å²) in [7, 11) is -3.37. The maximum atomic E-state index is 11.5. The van der Waals surface area contributed by atoms with Gasteiger partial charge in [0, 0.05) is 6.54 Å². The van der Waals surface area contributed by atoms with E-state index in [9.17, 15) is 8.42 Å². The molecule has 1 rings (SSSR count). The third-order valence-electron chi connectivity index (χ3n) is 1.58. The largest absolute Gasteiger partial charge is 0.335 e. The number of rotatable bonds is 6.